The summed E-state index contributed by atoms with van der Waals surface area (Å²) < 4.78 is 5.35. The van der Waals surface area contributed by atoms with Crippen LogP contribution in [0.5, 0.6) is 0 Å². The predicted molar refractivity (Wildman–Crippen MR) is 64.5 cm³/mol. The van der Waals surface area contributed by atoms with Crippen molar-refractivity contribution in [1.82, 2.24) is 0 Å². The molecule has 0 radical (unpaired) electrons. The summed E-state index contributed by atoms with van der Waals surface area (Å²) in [5.41, 5.74) is 0.596. The van der Waals surface area contributed by atoms with Crippen molar-refractivity contribution < 1.29 is 19.2 Å². The van der Waals surface area contributed by atoms with Crippen molar-refractivity contribution in [3.63, 3.8) is 0 Å². The summed E-state index contributed by atoms with van der Waals surface area (Å²) >= 11 is 0. The van der Waals surface area contributed by atoms with Gasteiger partial charge in [0.2, 0.25) is 6.20 Å². The fourth-order valence-electron chi connectivity index (χ4n) is 1.53. The molecule has 19 heavy (non-hydrogen) atoms. The summed E-state index contributed by atoms with van der Waals surface area (Å²) in [5.74, 6) is -0.543. The van der Waals surface area contributed by atoms with Gasteiger partial charge in [-0.2, -0.15) is 0 Å². The maximum atomic E-state index is 10.7. The van der Waals surface area contributed by atoms with E-state index in [0.29, 0.717) is 17.1 Å². The standard InChI is InChI=1S/C13H9NO5/c15-13(16)10-3-1-2-9(8-10)12-5-4-11(19-12)6-7-14(17)18/h1-8H,(H,15,16)/p-1. The lowest BCUT2D eigenvalue weighted by molar-refractivity contribution is -0.401. The lowest BCUT2D eigenvalue weighted by Gasteiger charge is -2.03. The zero-order valence-corrected chi connectivity index (χ0v) is 9.61. The molecule has 6 heteroatoms. The average Bonchev–Trinajstić information content (AvgIpc) is 2.85. The predicted octanol–water partition coefficient (Wildman–Crippen LogP) is 1.56. The molecule has 1 heterocycles. The number of furan rings is 1. The van der Waals surface area contributed by atoms with Crippen LogP contribution in [0, 0.1) is 10.1 Å². The van der Waals surface area contributed by atoms with Crippen LogP contribution in [-0.4, -0.2) is 10.9 Å². The third-order valence-corrected chi connectivity index (χ3v) is 2.37. The highest BCUT2D eigenvalue weighted by molar-refractivity contribution is 5.87. The van der Waals surface area contributed by atoms with E-state index in [1.807, 2.05) is 0 Å². The maximum Gasteiger partial charge on any atom is 0.238 e. The fraction of sp³-hybridized carbons (Fsp3) is 0. The van der Waals surface area contributed by atoms with Gasteiger partial charge in [0.05, 0.1) is 17.0 Å². The molecule has 1 aromatic carbocycles. The molecule has 0 bridgehead atoms. The van der Waals surface area contributed by atoms with E-state index >= 15 is 0 Å². The molecule has 96 valence electrons. The Bertz CT molecular complexity index is 657. The normalized spacial score (nSPS) is 10.7. The van der Waals surface area contributed by atoms with Crippen LogP contribution in [0.3, 0.4) is 0 Å². The number of hydrogen-bond donors (Lipinski definition) is 0. The monoisotopic (exact) mass is 258 g/mol. The third kappa shape index (κ3) is 3.06. The van der Waals surface area contributed by atoms with Crippen LogP contribution in [0.1, 0.15) is 16.1 Å². The van der Waals surface area contributed by atoms with Gasteiger partial charge in [-0.1, -0.05) is 18.2 Å². The Kier molecular flexibility index (Phi) is 3.42. The van der Waals surface area contributed by atoms with Crippen LogP contribution in [0.15, 0.2) is 47.0 Å². The third-order valence-electron chi connectivity index (χ3n) is 2.37. The highest BCUT2D eigenvalue weighted by Gasteiger charge is 2.05. The Labute approximate surface area is 107 Å². The van der Waals surface area contributed by atoms with Crippen LogP contribution in [0.4, 0.5) is 0 Å². The van der Waals surface area contributed by atoms with E-state index in [2.05, 4.69) is 0 Å². The molecular weight excluding hydrogens is 250 g/mol. The van der Waals surface area contributed by atoms with Gasteiger partial charge in [0.25, 0.3) is 0 Å². The first kappa shape index (κ1) is 12.6. The van der Waals surface area contributed by atoms with Crippen LogP contribution in [0.2, 0.25) is 0 Å². The van der Waals surface area contributed by atoms with Crippen molar-refractivity contribution >= 4 is 12.0 Å². The Hall–Kier alpha value is -2.89. The largest absolute Gasteiger partial charge is 0.545 e. The van der Waals surface area contributed by atoms with E-state index in [4.69, 9.17) is 4.42 Å². The number of nitro groups is 1. The minimum absolute atomic E-state index is 0.0382. The minimum Gasteiger partial charge on any atom is -0.545 e. The van der Waals surface area contributed by atoms with Crippen LogP contribution in [-0.2, 0) is 0 Å². The SMILES string of the molecule is O=C([O-])c1cccc(-c2ccc(C=C[N+](=O)[O-])o2)c1. The van der Waals surface area contributed by atoms with Gasteiger partial charge in [-0.15, -0.1) is 0 Å². The second-order valence-corrected chi connectivity index (χ2v) is 3.67. The number of aromatic carboxylic acids is 1. The summed E-state index contributed by atoms with van der Waals surface area (Å²) in [5, 5.41) is 20.9. The first-order chi connectivity index (χ1) is 9.06. The molecule has 0 spiro atoms. The summed E-state index contributed by atoms with van der Waals surface area (Å²) in [4.78, 5) is 20.3. The highest BCUT2D eigenvalue weighted by atomic mass is 16.6. The fourth-order valence-corrected chi connectivity index (χ4v) is 1.53. The van der Waals surface area contributed by atoms with Gasteiger partial charge in [-0.25, -0.2) is 0 Å². The van der Waals surface area contributed by atoms with Gasteiger partial charge in [-0.05, 0) is 23.8 Å². The number of nitrogens with zero attached hydrogens (tertiary/aromatic N) is 1. The molecule has 0 aliphatic rings. The Morgan fingerprint density at radius 3 is 2.74 bits per heavy atom. The first-order valence-electron chi connectivity index (χ1n) is 5.29. The molecule has 0 aliphatic heterocycles. The van der Waals surface area contributed by atoms with Gasteiger partial charge >= 0.3 is 0 Å². The van der Waals surface area contributed by atoms with Gasteiger partial charge < -0.3 is 14.3 Å². The number of rotatable bonds is 4. The van der Waals surface area contributed by atoms with E-state index in [0.717, 1.165) is 6.20 Å². The van der Waals surface area contributed by atoms with Crippen molar-refractivity contribution in [3.05, 3.63) is 64.0 Å². The zero-order chi connectivity index (χ0) is 13.8. The quantitative estimate of drug-likeness (QED) is 0.612. The molecule has 0 atom stereocenters. The summed E-state index contributed by atoms with van der Waals surface area (Å²) in [7, 11) is 0. The van der Waals surface area contributed by atoms with Crippen molar-refractivity contribution in [1.29, 1.82) is 0 Å². The molecule has 0 saturated carbocycles. The summed E-state index contributed by atoms with van der Waals surface area (Å²) in [6.45, 7) is 0. The van der Waals surface area contributed by atoms with Crippen molar-refractivity contribution in [2.75, 3.05) is 0 Å². The number of benzene rings is 1. The molecule has 0 aliphatic carbocycles. The Morgan fingerprint density at radius 2 is 2.05 bits per heavy atom. The lowest BCUT2D eigenvalue weighted by atomic mass is 10.1. The van der Waals surface area contributed by atoms with Gasteiger partial charge in [0.15, 0.2) is 0 Å². The van der Waals surface area contributed by atoms with Crippen molar-refractivity contribution in [3.8, 4) is 11.3 Å². The molecule has 6 nitrogen and oxygen atoms in total. The Morgan fingerprint density at radius 1 is 1.26 bits per heavy atom. The molecule has 2 aromatic rings. The van der Waals surface area contributed by atoms with E-state index in [1.165, 1.54) is 18.2 Å². The van der Waals surface area contributed by atoms with Crippen LogP contribution < -0.4 is 5.11 Å². The topological polar surface area (TPSA) is 96.4 Å². The van der Waals surface area contributed by atoms with E-state index < -0.39 is 10.9 Å². The van der Waals surface area contributed by atoms with Crippen LogP contribution >= 0.6 is 0 Å². The number of carbonyl (C=O) groups is 1. The van der Waals surface area contributed by atoms with Crippen molar-refractivity contribution in [2.45, 2.75) is 0 Å². The molecule has 2 rings (SSSR count). The second-order valence-electron chi connectivity index (χ2n) is 3.67. The lowest BCUT2D eigenvalue weighted by Crippen LogP contribution is -2.22. The number of carboxylic acid groups (broad SMARTS) is 1. The maximum absolute atomic E-state index is 10.7. The van der Waals surface area contributed by atoms with Gasteiger partial charge in [0, 0.05) is 5.56 Å². The molecule has 0 saturated heterocycles. The van der Waals surface area contributed by atoms with Gasteiger partial charge in [-0.3, -0.25) is 10.1 Å². The van der Waals surface area contributed by atoms with E-state index in [-0.39, 0.29) is 5.56 Å². The minimum atomic E-state index is -1.28. The van der Waals surface area contributed by atoms with Gasteiger partial charge in [0.1, 0.15) is 11.5 Å². The molecule has 0 unspecified atom stereocenters. The summed E-state index contributed by atoms with van der Waals surface area (Å²) in [6, 6.07) is 9.22. The molecule has 1 aromatic heterocycles. The molecular formula is C13H8NO5-. The molecule has 0 amide bonds. The summed E-state index contributed by atoms with van der Waals surface area (Å²) in [6.07, 6.45) is 1.98. The van der Waals surface area contributed by atoms with E-state index in [1.54, 1.807) is 24.3 Å². The second kappa shape index (κ2) is 5.18. The number of carbonyl (C=O) groups excluding carboxylic acids is 1. The number of carboxylic acids is 1. The average molecular weight is 258 g/mol. The Balaban J connectivity index is 2.30. The van der Waals surface area contributed by atoms with Crippen molar-refractivity contribution in [2.24, 2.45) is 0 Å². The molecule has 0 N–H and O–H groups in total. The highest BCUT2D eigenvalue weighted by Crippen LogP contribution is 2.23. The van der Waals surface area contributed by atoms with Crippen LogP contribution in [0.25, 0.3) is 17.4 Å². The smallest absolute Gasteiger partial charge is 0.238 e. The number of hydrogen-bond acceptors (Lipinski definition) is 5. The molecule has 0 fully saturated rings. The first-order valence-corrected chi connectivity index (χ1v) is 5.29. The zero-order valence-electron chi connectivity index (χ0n) is 9.61. The van der Waals surface area contributed by atoms with E-state index in [9.17, 15) is 20.0 Å².